The summed E-state index contributed by atoms with van der Waals surface area (Å²) in [5, 5.41) is 11.2. The molecule has 150 valence electrons. The van der Waals surface area contributed by atoms with Gasteiger partial charge in [-0.2, -0.15) is 0 Å². The third kappa shape index (κ3) is 2.09. The lowest BCUT2D eigenvalue weighted by Gasteiger charge is -2.60. The molecule has 0 bridgehead atoms. The number of esters is 1. The summed E-state index contributed by atoms with van der Waals surface area (Å²) in [6, 6.07) is 0. The van der Waals surface area contributed by atoms with Gasteiger partial charge in [0.25, 0.3) is 0 Å². The van der Waals surface area contributed by atoms with E-state index in [2.05, 4.69) is 20.4 Å². The molecule has 4 saturated carbocycles. The Labute approximate surface area is 162 Å². The van der Waals surface area contributed by atoms with Gasteiger partial charge >= 0.3 is 5.97 Å². The number of hydrogen-bond donors (Lipinski definition) is 1. The minimum Gasteiger partial charge on any atom is -0.462 e. The first-order valence-electron chi connectivity index (χ1n) is 10.9. The van der Waals surface area contributed by atoms with Gasteiger partial charge in [-0.05, 0) is 62.7 Å². The van der Waals surface area contributed by atoms with Crippen LogP contribution >= 0.6 is 0 Å². The number of rotatable bonds is 2. The number of carbonyl (C=O) groups excluding carboxylic acids is 1. The fraction of sp³-hybridized carbons (Fsp3) is 0.870. The first kappa shape index (κ1) is 18.2. The molecular weight excluding hydrogens is 340 g/mol. The van der Waals surface area contributed by atoms with Crippen LogP contribution in [0.5, 0.6) is 0 Å². The van der Waals surface area contributed by atoms with Gasteiger partial charge < -0.3 is 14.6 Å². The zero-order valence-corrected chi connectivity index (χ0v) is 17.0. The molecule has 1 N–H and O–H groups in total. The average Bonchev–Trinajstić information content (AvgIpc) is 3.24. The molecule has 0 amide bonds. The lowest BCUT2D eigenvalue weighted by atomic mass is 9.44. The minimum absolute atomic E-state index is 0.0170. The Morgan fingerprint density at radius 2 is 1.81 bits per heavy atom. The lowest BCUT2D eigenvalue weighted by Crippen LogP contribution is -2.60. The molecule has 7 unspecified atom stereocenters. The van der Waals surface area contributed by atoms with Crippen molar-refractivity contribution >= 4 is 5.97 Å². The predicted molar refractivity (Wildman–Crippen MR) is 102 cm³/mol. The molecule has 0 aromatic carbocycles. The second-order valence-corrected chi connectivity index (χ2v) is 10.6. The maximum absolute atomic E-state index is 11.5. The van der Waals surface area contributed by atoms with Crippen LogP contribution in [0.3, 0.4) is 0 Å². The average molecular weight is 375 g/mol. The van der Waals surface area contributed by atoms with E-state index in [9.17, 15) is 9.90 Å². The summed E-state index contributed by atoms with van der Waals surface area (Å²) in [6.07, 6.45) is 10.4. The van der Waals surface area contributed by atoms with Crippen LogP contribution in [0.1, 0.15) is 72.1 Å². The maximum atomic E-state index is 11.5. The number of hydrogen-bond acceptors (Lipinski definition) is 4. The zero-order chi connectivity index (χ0) is 19.2. The first-order chi connectivity index (χ1) is 12.7. The van der Waals surface area contributed by atoms with E-state index in [0.717, 1.165) is 44.9 Å². The highest BCUT2D eigenvalue weighted by Gasteiger charge is 2.77. The molecule has 1 heterocycles. The summed E-state index contributed by atoms with van der Waals surface area (Å²) in [7, 11) is 0. The summed E-state index contributed by atoms with van der Waals surface area (Å²) in [5.74, 6) is 1.67. The van der Waals surface area contributed by atoms with Crippen molar-refractivity contribution in [1.29, 1.82) is 0 Å². The van der Waals surface area contributed by atoms with Crippen LogP contribution in [-0.4, -0.2) is 34.5 Å². The minimum atomic E-state index is -0.713. The van der Waals surface area contributed by atoms with Crippen LogP contribution < -0.4 is 0 Å². The summed E-state index contributed by atoms with van der Waals surface area (Å²) in [6.45, 7) is 10.2. The second kappa shape index (κ2) is 5.38. The van der Waals surface area contributed by atoms with Crippen molar-refractivity contribution in [3.63, 3.8) is 0 Å². The molecule has 5 aliphatic rings. The van der Waals surface area contributed by atoms with Gasteiger partial charge in [0.05, 0.1) is 11.7 Å². The monoisotopic (exact) mass is 374 g/mol. The van der Waals surface area contributed by atoms with E-state index in [1.807, 2.05) is 6.08 Å². The van der Waals surface area contributed by atoms with Crippen molar-refractivity contribution in [2.24, 2.45) is 28.6 Å². The highest BCUT2D eigenvalue weighted by atomic mass is 16.6. The zero-order valence-electron chi connectivity index (χ0n) is 17.0. The van der Waals surface area contributed by atoms with E-state index in [-0.39, 0.29) is 28.5 Å². The topological polar surface area (TPSA) is 59.1 Å². The van der Waals surface area contributed by atoms with Crippen LogP contribution in [0.2, 0.25) is 0 Å². The smallest absolute Gasteiger partial charge is 0.302 e. The molecule has 5 rings (SSSR count). The van der Waals surface area contributed by atoms with Crippen molar-refractivity contribution in [3.8, 4) is 0 Å². The maximum Gasteiger partial charge on any atom is 0.302 e. The Bertz CT molecular complexity index is 690. The third-order valence-electron chi connectivity index (χ3n) is 9.93. The van der Waals surface area contributed by atoms with Crippen LogP contribution in [-0.2, 0) is 14.3 Å². The van der Waals surface area contributed by atoms with E-state index >= 15 is 0 Å². The summed E-state index contributed by atoms with van der Waals surface area (Å²) >= 11 is 0. The predicted octanol–water partition coefficient (Wildman–Crippen LogP) is 4.01. The van der Waals surface area contributed by atoms with Crippen LogP contribution in [0, 0.1) is 28.6 Å². The normalized spacial score (nSPS) is 58.3. The lowest BCUT2D eigenvalue weighted by molar-refractivity contribution is -0.160. The molecule has 4 nitrogen and oxygen atoms in total. The fourth-order valence-electron chi connectivity index (χ4n) is 8.36. The standard InChI is InChI=1S/C23H34O4/c1-5-22(25)11-8-17-16-12-19-23(27-19)13-15(26-14(2)24)6-9-21(23,4)18(16)7-10-20(17,22)3/h5,15-19,25H,1,6-13H2,2-4H3/t15?,16?,17?,18?,19-,20?,21?,22?,23-/m0/s1. The Morgan fingerprint density at radius 3 is 2.52 bits per heavy atom. The Morgan fingerprint density at radius 1 is 1.15 bits per heavy atom. The molecule has 27 heavy (non-hydrogen) atoms. The Balaban J connectivity index is 1.44. The SMILES string of the molecule is C=CC1(O)CCC2C3C[C@@H]4O[C@@]45CC(OC(C)=O)CCC5(C)C3CCC21C. The van der Waals surface area contributed by atoms with Gasteiger partial charge in [-0.15, -0.1) is 6.58 Å². The molecule has 4 aliphatic carbocycles. The third-order valence-corrected chi connectivity index (χ3v) is 9.93. The molecule has 0 aromatic heterocycles. The van der Waals surface area contributed by atoms with E-state index in [4.69, 9.17) is 9.47 Å². The summed E-state index contributed by atoms with van der Waals surface area (Å²) < 4.78 is 12.0. The number of fused-ring (bicyclic) bond motifs is 4. The number of epoxide rings is 1. The molecule has 1 saturated heterocycles. The first-order valence-corrected chi connectivity index (χ1v) is 10.9. The number of carbonyl (C=O) groups is 1. The fourth-order valence-corrected chi connectivity index (χ4v) is 8.36. The number of aliphatic hydroxyl groups is 1. The van der Waals surface area contributed by atoms with Crippen molar-refractivity contribution in [1.82, 2.24) is 0 Å². The van der Waals surface area contributed by atoms with Crippen molar-refractivity contribution in [2.75, 3.05) is 0 Å². The van der Waals surface area contributed by atoms with E-state index in [1.165, 1.54) is 13.3 Å². The van der Waals surface area contributed by atoms with Crippen LogP contribution in [0.15, 0.2) is 12.7 Å². The highest BCUT2D eigenvalue weighted by Crippen LogP contribution is 2.74. The van der Waals surface area contributed by atoms with Crippen molar-refractivity contribution in [2.45, 2.75) is 95.5 Å². The van der Waals surface area contributed by atoms with Gasteiger partial charge in [-0.25, -0.2) is 0 Å². The molecule has 1 spiro atoms. The van der Waals surface area contributed by atoms with E-state index in [0.29, 0.717) is 23.9 Å². The molecule has 9 atom stereocenters. The molecule has 1 aliphatic heterocycles. The number of ether oxygens (including phenoxy) is 2. The molecule has 0 aromatic rings. The molecular formula is C23H34O4. The quantitative estimate of drug-likeness (QED) is 0.451. The molecule has 0 radical (unpaired) electrons. The van der Waals surface area contributed by atoms with Crippen molar-refractivity contribution < 1.29 is 19.4 Å². The van der Waals surface area contributed by atoms with E-state index in [1.54, 1.807) is 0 Å². The van der Waals surface area contributed by atoms with Gasteiger partial charge in [-0.1, -0.05) is 19.9 Å². The summed E-state index contributed by atoms with van der Waals surface area (Å²) in [4.78, 5) is 11.5. The second-order valence-electron chi connectivity index (χ2n) is 10.6. The Hall–Kier alpha value is -0.870. The van der Waals surface area contributed by atoms with Crippen LogP contribution in [0.25, 0.3) is 0 Å². The van der Waals surface area contributed by atoms with Gasteiger partial charge in [0.15, 0.2) is 0 Å². The van der Waals surface area contributed by atoms with E-state index < -0.39 is 5.60 Å². The Kier molecular flexibility index (Phi) is 3.62. The summed E-state index contributed by atoms with van der Waals surface area (Å²) in [5.41, 5.74) is -0.660. The molecule has 4 heteroatoms. The van der Waals surface area contributed by atoms with Crippen LogP contribution in [0.4, 0.5) is 0 Å². The van der Waals surface area contributed by atoms with Gasteiger partial charge in [0, 0.05) is 24.2 Å². The van der Waals surface area contributed by atoms with Crippen molar-refractivity contribution in [3.05, 3.63) is 12.7 Å². The van der Waals surface area contributed by atoms with Gasteiger partial charge in [0.2, 0.25) is 0 Å². The molecule has 5 fully saturated rings. The highest BCUT2D eigenvalue weighted by molar-refractivity contribution is 5.66. The van der Waals surface area contributed by atoms with Gasteiger partial charge in [-0.3, -0.25) is 4.79 Å². The largest absolute Gasteiger partial charge is 0.462 e. The van der Waals surface area contributed by atoms with Gasteiger partial charge in [0.1, 0.15) is 11.7 Å².